The quantitative estimate of drug-likeness (QED) is 0.873. The van der Waals surface area contributed by atoms with Gasteiger partial charge in [0.15, 0.2) is 0 Å². The Kier molecular flexibility index (Phi) is 4.82. The third-order valence-corrected chi connectivity index (χ3v) is 4.43. The van der Waals surface area contributed by atoms with Crippen LogP contribution in [0.3, 0.4) is 0 Å². The lowest BCUT2D eigenvalue weighted by atomic mass is 10.1. The SMILES string of the molecule is CC(C)n1ncc(N2CCN(C)CC2CN)c(Br)c1=O. The fourth-order valence-electron chi connectivity index (χ4n) is 2.53. The van der Waals surface area contributed by atoms with Gasteiger partial charge in [0.2, 0.25) is 0 Å². The van der Waals surface area contributed by atoms with Crippen LogP contribution in [-0.4, -0.2) is 53.9 Å². The van der Waals surface area contributed by atoms with Crippen LogP contribution in [-0.2, 0) is 0 Å². The molecule has 1 aromatic rings. The fourth-order valence-corrected chi connectivity index (χ4v) is 3.05. The predicted molar refractivity (Wildman–Crippen MR) is 84.3 cm³/mol. The van der Waals surface area contributed by atoms with Gasteiger partial charge in [0.1, 0.15) is 4.47 Å². The topological polar surface area (TPSA) is 67.4 Å². The minimum absolute atomic E-state index is 0.0469. The Hall–Kier alpha value is -0.920. The molecule has 0 amide bonds. The van der Waals surface area contributed by atoms with E-state index >= 15 is 0 Å². The number of hydrogen-bond acceptors (Lipinski definition) is 5. The molecule has 6 nitrogen and oxygen atoms in total. The molecule has 1 saturated heterocycles. The van der Waals surface area contributed by atoms with Crippen molar-refractivity contribution in [3.63, 3.8) is 0 Å². The van der Waals surface area contributed by atoms with E-state index in [-0.39, 0.29) is 17.6 Å². The number of aromatic nitrogens is 2. The Bertz CT molecular complexity index is 530. The number of halogens is 1. The number of nitrogens with zero attached hydrogens (tertiary/aromatic N) is 4. The molecule has 1 aromatic heterocycles. The zero-order valence-corrected chi connectivity index (χ0v) is 13.8. The smallest absolute Gasteiger partial charge is 0.283 e. The molecule has 1 fully saturated rings. The van der Waals surface area contributed by atoms with Gasteiger partial charge in [0.05, 0.1) is 24.0 Å². The summed E-state index contributed by atoms with van der Waals surface area (Å²) in [5.41, 5.74) is 6.62. The van der Waals surface area contributed by atoms with Gasteiger partial charge < -0.3 is 15.5 Å². The summed E-state index contributed by atoms with van der Waals surface area (Å²) in [6, 6.07) is 0.256. The highest BCUT2D eigenvalue weighted by molar-refractivity contribution is 9.10. The average Bonchev–Trinajstić information content (AvgIpc) is 2.41. The van der Waals surface area contributed by atoms with E-state index in [9.17, 15) is 4.79 Å². The van der Waals surface area contributed by atoms with Crippen LogP contribution in [0.25, 0.3) is 0 Å². The number of likely N-dealkylation sites (N-methyl/N-ethyl adjacent to an activating group) is 1. The Morgan fingerprint density at radius 2 is 2.20 bits per heavy atom. The lowest BCUT2D eigenvalue weighted by Gasteiger charge is -2.41. The second-order valence-corrected chi connectivity index (χ2v) is 6.33. The van der Waals surface area contributed by atoms with E-state index in [0.717, 1.165) is 25.3 Å². The minimum atomic E-state index is -0.0906. The van der Waals surface area contributed by atoms with Crippen molar-refractivity contribution in [2.24, 2.45) is 5.73 Å². The van der Waals surface area contributed by atoms with Gasteiger partial charge in [0.25, 0.3) is 5.56 Å². The first kappa shape index (κ1) is 15.5. The molecular weight excluding hydrogens is 322 g/mol. The number of rotatable bonds is 3. The summed E-state index contributed by atoms with van der Waals surface area (Å²) in [6.07, 6.45) is 1.76. The normalized spacial score (nSPS) is 20.7. The maximum absolute atomic E-state index is 12.3. The van der Waals surface area contributed by atoms with Crippen LogP contribution in [0.1, 0.15) is 19.9 Å². The first-order chi connectivity index (χ1) is 9.45. The van der Waals surface area contributed by atoms with Gasteiger partial charge in [0, 0.05) is 26.2 Å². The molecule has 2 rings (SSSR count). The highest BCUT2D eigenvalue weighted by Crippen LogP contribution is 2.25. The van der Waals surface area contributed by atoms with E-state index in [1.165, 1.54) is 4.68 Å². The Morgan fingerprint density at radius 1 is 1.50 bits per heavy atom. The summed E-state index contributed by atoms with van der Waals surface area (Å²) < 4.78 is 2.06. The monoisotopic (exact) mass is 343 g/mol. The summed E-state index contributed by atoms with van der Waals surface area (Å²) in [4.78, 5) is 16.8. The summed E-state index contributed by atoms with van der Waals surface area (Å²) in [5.74, 6) is 0. The molecule has 1 aliphatic rings. The van der Waals surface area contributed by atoms with Gasteiger partial charge in [-0.25, -0.2) is 4.68 Å². The Balaban J connectivity index is 2.38. The third-order valence-electron chi connectivity index (χ3n) is 3.68. The van der Waals surface area contributed by atoms with Crippen LogP contribution < -0.4 is 16.2 Å². The molecule has 20 heavy (non-hydrogen) atoms. The van der Waals surface area contributed by atoms with Crippen LogP contribution >= 0.6 is 15.9 Å². The van der Waals surface area contributed by atoms with E-state index in [4.69, 9.17) is 5.73 Å². The third kappa shape index (κ3) is 2.89. The van der Waals surface area contributed by atoms with Crippen molar-refractivity contribution in [2.45, 2.75) is 25.9 Å². The second-order valence-electron chi connectivity index (χ2n) is 5.53. The van der Waals surface area contributed by atoms with Crippen molar-refractivity contribution in [3.8, 4) is 0 Å². The molecule has 0 aliphatic carbocycles. The highest BCUT2D eigenvalue weighted by atomic mass is 79.9. The van der Waals surface area contributed by atoms with Gasteiger partial charge >= 0.3 is 0 Å². The van der Waals surface area contributed by atoms with Crippen molar-refractivity contribution in [1.82, 2.24) is 14.7 Å². The van der Waals surface area contributed by atoms with Crippen LogP contribution in [0.2, 0.25) is 0 Å². The highest BCUT2D eigenvalue weighted by Gasteiger charge is 2.27. The summed E-state index contributed by atoms with van der Waals surface area (Å²) >= 11 is 3.44. The second kappa shape index (κ2) is 6.24. The number of hydrogen-bond donors (Lipinski definition) is 1. The maximum atomic E-state index is 12.3. The standard InChI is InChI=1S/C13H22BrN5O/c1-9(2)19-13(20)12(14)11(7-16-19)18-5-4-17(3)8-10(18)6-15/h7,9-10H,4-6,8,15H2,1-3H3. The molecule has 1 atom stereocenters. The van der Waals surface area contributed by atoms with Crippen LogP contribution in [0, 0.1) is 0 Å². The lowest BCUT2D eigenvalue weighted by molar-refractivity contribution is 0.269. The largest absolute Gasteiger partial charge is 0.362 e. The zero-order valence-electron chi connectivity index (χ0n) is 12.2. The van der Waals surface area contributed by atoms with E-state index in [1.54, 1.807) is 6.20 Å². The first-order valence-electron chi connectivity index (χ1n) is 6.88. The number of piperazine rings is 1. The lowest BCUT2D eigenvalue weighted by Crippen LogP contribution is -2.55. The van der Waals surface area contributed by atoms with Gasteiger partial charge in [-0.2, -0.15) is 5.10 Å². The van der Waals surface area contributed by atoms with Crippen molar-refractivity contribution >= 4 is 21.6 Å². The average molecular weight is 344 g/mol. The first-order valence-corrected chi connectivity index (χ1v) is 7.67. The molecule has 0 bridgehead atoms. The minimum Gasteiger partial charge on any atom is -0.362 e. The Labute approximate surface area is 127 Å². The molecule has 7 heteroatoms. The molecule has 1 unspecified atom stereocenters. The molecule has 0 spiro atoms. The molecular formula is C13H22BrN5O. The van der Waals surface area contributed by atoms with Crippen molar-refractivity contribution in [3.05, 3.63) is 21.0 Å². The van der Waals surface area contributed by atoms with E-state index in [1.807, 2.05) is 13.8 Å². The summed E-state index contributed by atoms with van der Waals surface area (Å²) in [5, 5.41) is 4.28. The van der Waals surface area contributed by atoms with Gasteiger partial charge in [-0.15, -0.1) is 0 Å². The fraction of sp³-hybridized carbons (Fsp3) is 0.692. The van der Waals surface area contributed by atoms with Crippen molar-refractivity contribution < 1.29 is 0 Å². The van der Waals surface area contributed by atoms with Crippen LogP contribution in [0.4, 0.5) is 5.69 Å². The summed E-state index contributed by atoms with van der Waals surface area (Å²) in [6.45, 7) is 7.15. The Morgan fingerprint density at radius 3 is 2.80 bits per heavy atom. The zero-order chi connectivity index (χ0) is 14.9. The molecule has 0 radical (unpaired) electrons. The van der Waals surface area contributed by atoms with Crippen LogP contribution in [0.15, 0.2) is 15.5 Å². The molecule has 112 valence electrons. The van der Waals surface area contributed by atoms with Crippen molar-refractivity contribution in [1.29, 1.82) is 0 Å². The summed E-state index contributed by atoms with van der Waals surface area (Å²) in [7, 11) is 2.09. The van der Waals surface area contributed by atoms with Gasteiger partial charge in [-0.05, 0) is 36.8 Å². The van der Waals surface area contributed by atoms with Crippen molar-refractivity contribution in [2.75, 3.05) is 38.1 Å². The molecule has 2 N–H and O–H groups in total. The van der Waals surface area contributed by atoms with Crippen LogP contribution in [0.5, 0.6) is 0 Å². The van der Waals surface area contributed by atoms with E-state index in [2.05, 4.69) is 37.9 Å². The molecule has 2 heterocycles. The number of anilines is 1. The van der Waals surface area contributed by atoms with E-state index in [0.29, 0.717) is 11.0 Å². The van der Waals surface area contributed by atoms with Gasteiger partial charge in [-0.1, -0.05) is 0 Å². The molecule has 1 aliphatic heterocycles. The molecule has 0 aromatic carbocycles. The van der Waals surface area contributed by atoms with Gasteiger partial charge in [-0.3, -0.25) is 4.79 Å². The predicted octanol–water partition coefficient (Wildman–Crippen LogP) is 0.666. The van der Waals surface area contributed by atoms with E-state index < -0.39 is 0 Å². The maximum Gasteiger partial charge on any atom is 0.283 e. The molecule has 0 saturated carbocycles. The number of nitrogens with two attached hydrogens (primary N) is 1.